The minimum Gasteiger partial charge on any atom is -0.508 e. The molecule has 0 radical (unpaired) electrons. The molecule has 2 atom stereocenters. The van der Waals surface area contributed by atoms with E-state index in [4.69, 9.17) is 0 Å². The second-order valence-corrected chi connectivity index (χ2v) is 6.54. The summed E-state index contributed by atoms with van der Waals surface area (Å²) in [5, 5.41) is 29.8. The lowest BCUT2D eigenvalue weighted by molar-refractivity contribution is 0.428. The van der Waals surface area contributed by atoms with E-state index >= 15 is 0 Å². The van der Waals surface area contributed by atoms with Crippen LogP contribution in [0.1, 0.15) is 33.7 Å². The van der Waals surface area contributed by atoms with Crippen LogP contribution in [0.5, 0.6) is 11.5 Å². The summed E-state index contributed by atoms with van der Waals surface area (Å²) in [6.07, 6.45) is 5.43. The van der Waals surface area contributed by atoms with Gasteiger partial charge in [0, 0.05) is 23.5 Å². The first kappa shape index (κ1) is 16.2. The molecule has 0 bridgehead atoms. The van der Waals surface area contributed by atoms with Gasteiger partial charge in [0.1, 0.15) is 17.3 Å². The van der Waals surface area contributed by atoms with Crippen molar-refractivity contribution in [1.29, 1.82) is 0 Å². The van der Waals surface area contributed by atoms with E-state index in [2.05, 4.69) is 32.9 Å². The molecule has 0 aromatic heterocycles. The van der Waals surface area contributed by atoms with Crippen molar-refractivity contribution in [2.75, 3.05) is 0 Å². The van der Waals surface area contributed by atoms with Crippen LogP contribution in [-0.4, -0.2) is 15.3 Å². The van der Waals surface area contributed by atoms with Crippen LogP contribution in [0.15, 0.2) is 54.3 Å². The third kappa shape index (κ3) is 2.90. The molecule has 0 amide bonds. The lowest BCUT2D eigenvalue weighted by Gasteiger charge is -2.26. The van der Waals surface area contributed by atoms with Gasteiger partial charge in [0.25, 0.3) is 0 Å². The Balaban J connectivity index is 2.20. The number of benzene rings is 2. The lowest BCUT2D eigenvalue weighted by atomic mass is 9.78. The van der Waals surface area contributed by atoms with E-state index in [0.717, 1.165) is 16.7 Å². The fraction of sp³-hybridized carbons (Fsp3) is 0.238. The Labute approximate surface area is 142 Å². The molecule has 1 aliphatic carbocycles. The number of phenolic OH excluding ortho intramolecular Hbond substituents is 2. The highest BCUT2D eigenvalue weighted by molar-refractivity contribution is 5.51. The van der Waals surface area contributed by atoms with Crippen LogP contribution in [0.2, 0.25) is 0 Å². The van der Waals surface area contributed by atoms with E-state index < -0.39 is 0 Å². The lowest BCUT2D eigenvalue weighted by Crippen LogP contribution is -2.12. The zero-order chi connectivity index (χ0) is 17.4. The maximum Gasteiger partial charge on any atom is 0.123 e. The number of aliphatic hydroxyl groups excluding tert-OH is 1. The number of aliphatic hydroxyl groups is 1. The van der Waals surface area contributed by atoms with Crippen LogP contribution in [-0.2, 0) is 0 Å². The largest absolute Gasteiger partial charge is 0.508 e. The number of phenols is 2. The molecule has 2 unspecified atom stereocenters. The number of hydrogen-bond donors (Lipinski definition) is 3. The highest BCUT2D eigenvalue weighted by Crippen LogP contribution is 2.42. The summed E-state index contributed by atoms with van der Waals surface area (Å²) in [7, 11) is 0. The quantitative estimate of drug-likeness (QED) is 0.762. The van der Waals surface area contributed by atoms with Crippen molar-refractivity contribution in [3.05, 3.63) is 82.1 Å². The number of allylic oxidation sites excluding steroid dienone is 3. The van der Waals surface area contributed by atoms with Crippen LogP contribution in [0, 0.1) is 26.7 Å². The fourth-order valence-corrected chi connectivity index (χ4v) is 3.42. The van der Waals surface area contributed by atoms with Gasteiger partial charge in [0.05, 0.1) is 0 Å². The minimum absolute atomic E-state index is 0.0344. The number of hydrogen-bond acceptors (Lipinski definition) is 3. The van der Waals surface area contributed by atoms with Crippen LogP contribution in [0.3, 0.4) is 0 Å². The van der Waals surface area contributed by atoms with Gasteiger partial charge >= 0.3 is 0 Å². The van der Waals surface area contributed by atoms with Gasteiger partial charge in [0.15, 0.2) is 0 Å². The first-order chi connectivity index (χ1) is 11.4. The maximum absolute atomic E-state index is 10.4. The Morgan fingerprint density at radius 3 is 2.17 bits per heavy atom. The maximum atomic E-state index is 10.4. The first-order valence-corrected chi connectivity index (χ1v) is 8.05. The average molecular weight is 322 g/mol. The van der Waals surface area contributed by atoms with Gasteiger partial charge in [-0.3, -0.25) is 0 Å². The molecule has 0 saturated carbocycles. The van der Waals surface area contributed by atoms with Gasteiger partial charge in [-0.05, 0) is 61.2 Å². The molecule has 3 heteroatoms. The van der Waals surface area contributed by atoms with Gasteiger partial charge in [-0.1, -0.05) is 24.3 Å². The zero-order valence-corrected chi connectivity index (χ0v) is 14.1. The summed E-state index contributed by atoms with van der Waals surface area (Å²) in [5.41, 5.74) is 5.41. The van der Waals surface area contributed by atoms with E-state index in [1.165, 1.54) is 17.2 Å². The molecule has 124 valence electrons. The van der Waals surface area contributed by atoms with Gasteiger partial charge in [-0.25, -0.2) is 0 Å². The molecular weight excluding hydrogens is 300 g/mol. The zero-order valence-electron chi connectivity index (χ0n) is 14.1. The van der Waals surface area contributed by atoms with Crippen molar-refractivity contribution >= 4 is 0 Å². The number of aryl methyl sites for hydroxylation is 3. The summed E-state index contributed by atoms with van der Waals surface area (Å²) < 4.78 is 0. The number of aromatic hydroxyl groups is 2. The Kier molecular flexibility index (Phi) is 4.10. The van der Waals surface area contributed by atoms with E-state index in [1.807, 2.05) is 6.08 Å². The van der Waals surface area contributed by atoms with Crippen molar-refractivity contribution in [3.63, 3.8) is 0 Å². The highest BCUT2D eigenvalue weighted by Gasteiger charge is 2.28. The Bertz CT molecular complexity index is 846. The molecule has 0 aliphatic heterocycles. The van der Waals surface area contributed by atoms with E-state index in [9.17, 15) is 15.3 Å². The van der Waals surface area contributed by atoms with Crippen molar-refractivity contribution in [3.8, 4) is 11.5 Å². The monoisotopic (exact) mass is 322 g/mol. The second-order valence-electron chi connectivity index (χ2n) is 6.54. The SMILES string of the molecule is Cc1cc(C)c(C(c2ccc(O)cc2O)C2C=CC(O)=C2)cc1C. The fourth-order valence-electron chi connectivity index (χ4n) is 3.42. The third-order valence-electron chi connectivity index (χ3n) is 4.80. The molecule has 0 fully saturated rings. The van der Waals surface area contributed by atoms with Crippen molar-refractivity contribution < 1.29 is 15.3 Å². The molecular formula is C21H22O3. The smallest absolute Gasteiger partial charge is 0.123 e. The van der Waals surface area contributed by atoms with E-state index in [0.29, 0.717) is 0 Å². The summed E-state index contributed by atoms with van der Waals surface area (Å²) in [6, 6.07) is 9.00. The van der Waals surface area contributed by atoms with Crippen LogP contribution in [0.4, 0.5) is 0 Å². The standard InChI is InChI=1S/C21H22O3/c1-12-8-14(3)19(9-13(12)2)21(15-4-5-16(22)10-15)18-7-6-17(23)11-20(18)24/h4-11,15,21-24H,1-3H3. The Morgan fingerprint density at radius 1 is 0.833 bits per heavy atom. The molecule has 3 N–H and O–H groups in total. The van der Waals surface area contributed by atoms with Crippen LogP contribution < -0.4 is 0 Å². The van der Waals surface area contributed by atoms with E-state index in [-0.39, 0.29) is 29.1 Å². The minimum atomic E-state index is -0.134. The summed E-state index contributed by atoms with van der Waals surface area (Å²) >= 11 is 0. The molecule has 0 saturated heterocycles. The molecule has 3 rings (SSSR count). The predicted molar refractivity (Wildman–Crippen MR) is 95.6 cm³/mol. The van der Waals surface area contributed by atoms with Crippen LogP contribution >= 0.6 is 0 Å². The third-order valence-corrected chi connectivity index (χ3v) is 4.80. The number of rotatable bonds is 3. The molecule has 2 aromatic rings. The highest BCUT2D eigenvalue weighted by atomic mass is 16.3. The predicted octanol–water partition coefficient (Wildman–Crippen LogP) is 4.78. The molecule has 1 aliphatic rings. The molecule has 24 heavy (non-hydrogen) atoms. The summed E-state index contributed by atoms with van der Waals surface area (Å²) in [6.45, 7) is 6.22. The molecule has 0 heterocycles. The molecule has 3 nitrogen and oxygen atoms in total. The summed E-state index contributed by atoms with van der Waals surface area (Å²) in [5.74, 6) is 0.148. The molecule has 2 aromatic carbocycles. The normalized spacial score (nSPS) is 17.8. The Morgan fingerprint density at radius 2 is 1.54 bits per heavy atom. The summed E-state index contributed by atoms with van der Waals surface area (Å²) in [4.78, 5) is 0. The van der Waals surface area contributed by atoms with Gasteiger partial charge in [0.2, 0.25) is 0 Å². The van der Waals surface area contributed by atoms with Gasteiger partial charge in [-0.15, -0.1) is 0 Å². The second kappa shape index (κ2) is 6.08. The average Bonchev–Trinajstić information content (AvgIpc) is 2.93. The van der Waals surface area contributed by atoms with Gasteiger partial charge in [-0.2, -0.15) is 0 Å². The van der Waals surface area contributed by atoms with Crippen molar-refractivity contribution in [2.45, 2.75) is 26.7 Å². The van der Waals surface area contributed by atoms with E-state index in [1.54, 1.807) is 24.3 Å². The Hall–Kier alpha value is -2.68. The van der Waals surface area contributed by atoms with Crippen LogP contribution in [0.25, 0.3) is 0 Å². The van der Waals surface area contributed by atoms with Crippen molar-refractivity contribution in [2.24, 2.45) is 5.92 Å². The topological polar surface area (TPSA) is 60.7 Å². The first-order valence-electron chi connectivity index (χ1n) is 8.05. The van der Waals surface area contributed by atoms with Crippen molar-refractivity contribution in [1.82, 2.24) is 0 Å². The molecule has 0 spiro atoms. The van der Waals surface area contributed by atoms with Gasteiger partial charge < -0.3 is 15.3 Å².